The Hall–Kier alpha value is -2.78. The van der Waals surface area contributed by atoms with E-state index in [2.05, 4.69) is 12.1 Å². The molecule has 0 spiro atoms. The second-order valence-electron chi connectivity index (χ2n) is 4.47. The van der Waals surface area contributed by atoms with Gasteiger partial charge in [0.1, 0.15) is 5.75 Å². The van der Waals surface area contributed by atoms with Crippen LogP contribution in [0.4, 0.5) is 0 Å². The number of hydrogen-bond donors (Lipinski definition) is 0. The number of nitrogens with zero attached hydrogens (tertiary/aromatic N) is 2. The van der Waals surface area contributed by atoms with Crippen LogP contribution in [0.25, 0.3) is 0 Å². The van der Waals surface area contributed by atoms with E-state index in [4.69, 9.17) is 10.00 Å². The molecule has 0 amide bonds. The third-order valence-electron chi connectivity index (χ3n) is 3.20. The molecule has 0 radical (unpaired) electrons. The average Bonchev–Trinajstić information content (AvgIpc) is 2.53. The minimum atomic E-state index is -0.200. The molecule has 0 N–H and O–H groups in total. The molecule has 98 valence electrons. The van der Waals surface area contributed by atoms with Gasteiger partial charge in [-0.3, -0.25) is 0 Å². The zero-order valence-electron chi connectivity index (χ0n) is 11.2. The molecule has 2 aromatic carbocycles. The lowest BCUT2D eigenvalue weighted by Gasteiger charge is -2.10. The molecule has 0 aliphatic rings. The summed E-state index contributed by atoms with van der Waals surface area (Å²) in [5, 5.41) is 18.1. The Kier molecular flexibility index (Phi) is 4.37. The molecular formula is C17H14N2O. The zero-order valence-corrected chi connectivity index (χ0v) is 11.2. The predicted octanol–water partition coefficient (Wildman–Crippen LogP) is 3.42. The quantitative estimate of drug-likeness (QED) is 0.848. The molecule has 0 heterocycles. The fourth-order valence-corrected chi connectivity index (χ4v) is 2.03. The van der Waals surface area contributed by atoms with Gasteiger partial charge in [0.25, 0.3) is 0 Å². The molecule has 0 aliphatic carbocycles. The summed E-state index contributed by atoms with van der Waals surface area (Å²) in [5.41, 5.74) is 2.65. The zero-order chi connectivity index (χ0) is 14.4. The van der Waals surface area contributed by atoms with Crippen LogP contribution in [0.2, 0.25) is 0 Å². The minimum absolute atomic E-state index is 0.200. The minimum Gasteiger partial charge on any atom is -0.497 e. The second-order valence-corrected chi connectivity index (χ2v) is 4.47. The molecule has 3 heteroatoms. The molecule has 0 bridgehead atoms. The van der Waals surface area contributed by atoms with Gasteiger partial charge >= 0.3 is 0 Å². The van der Waals surface area contributed by atoms with Crippen LogP contribution >= 0.6 is 0 Å². The summed E-state index contributed by atoms with van der Waals surface area (Å²) < 4.78 is 5.11. The van der Waals surface area contributed by atoms with Crippen LogP contribution in [0.5, 0.6) is 5.75 Å². The van der Waals surface area contributed by atoms with Gasteiger partial charge < -0.3 is 4.74 Å². The van der Waals surface area contributed by atoms with Crippen LogP contribution in [0, 0.1) is 22.7 Å². The van der Waals surface area contributed by atoms with Crippen molar-refractivity contribution in [2.24, 2.45) is 0 Å². The summed E-state index contributed by atoms with van der Waals surface area (Å²) in [5.74, 6) is 0.581. The van der Waals surface area contributed by atoms with Crippen LogP contribution in [-0.4, -0.2) is 7.11 Å². The largest absolute Gasteiger partial charge is 0.497 e. The Bertz CT molecular complexity index is 645. The summed E-state index contributed by atoms with van der Waals surface area (Å²) in [6, 6.07) is 19.3. The van der Waals surface area contributed by atoms with Crippen molar-refractivity contribution in [3.05, 3.63) is 65.2 Å². The van der Waals surface area contributed by atoms with E-state index in [1.54, 1.807) is 19.2 Å². The van der Waals surface area contributed by atoms with Gasteiger partial charge in [0.05, 0.1) is 30.7 Å². The van der Waals surface area contributed by atoms with Gasteiger partial charge in [-0.05, 0) is 41.8 Å². The number of hydrogen-bond acceptors (Lipinski definition) is 3. The lowest BCUT2D eigenvalue weighted by atomic mass is 9.93. The van der Waals surface area contributed by atoms with Crippen LogP contribution in [0.15, 0.2) is 48.5 Å². The first-order valence-corrected chi connectivity index (χ1v) is 6.29. The molecular weight excluding hydrogens is 248 g/mol. The molecule has 0 fully saturated rings. The van der Waals surface area contributed by atoms with Gasteiger partial charge in [0.15, 0.2) is 0 Å². The maximum atomic E-state index is 9.33. The fraction of sp³-hybridized carbons (Fsp3) is 0.176. The molecule has 0 saturated carbocycles. The monoisotopic (exact) mass is 262 g/mol. The SMILES string of the molecule is COc1ccc(C(C#N)Cc2ccc(C#N)cc2)cc1. The summed E-state index contributed by atoms with van der Waals surface area (Å²) in [4.78, 5) is 0. The Balaban J connectivity index is 2.15. The van der Waals surface area contributed by atoms with Gasteiger partial charge in [-0.1, -0.05) is 24.3 Å². The number of ether oxygens (including phenoxy) is 1. The summed E-state index contributed by atoms with van der Waals surface area (Å²) in [6.45, 7) is 0. The standard InChI is InChI=1S/C17H14N2O/c1-20-17-8-6-15(7-9-17)16(12-19)10-13-2-4-14(11-18)5-3-13/h2-9,16H,10H2,1H3. The average molecular weight is 262 g/mol. The number of benzene rings is 2. The van der Waals surface area contributed by atoms with Gasteiger partial charge in [-0.15, -0.1) is 0 Å². The first kappa shape index (κ1) is 13.6. The van der Waals surface area contributed by atoms with Crippen LogP contribution in [0.1, 0.15) is 22.6 Å². The molecule has 2 aromatic rings. The number of rotatable bonds is 4. The van der Waals surface area contributed by atoms with Crippen molar-refractivity contribution in [3.63, 3.8) is 0 Å². The molecule has 1 atom stereocenters. The summed E-state index contributed by atoms with van der Waals surface area (Å²) in [6.07, 6.45) is 0.633. The van der Waals surface area contributed by atoms with E-state index < -0.39 is 0 Å². The molecule has 0 aromatic heterocycles. The first-order valence-electron chi connectivity index (χ1n) is 6.29. The fourth-order valence-electron chi connectivity index (χ4n) is 2.03. The van der Waals surface area contributed by atoms with Crippen molar-refractivity contribution in [2.75, 3.05) is 7.11 Å². The maximum Gasteiger partial charge on any atom is 0.118 e. The lowest BCUT2D eigenvalue weighted by molar-refractivity contribution is 0.414. The van der Waals surface area contributed by atoms with Crippen molar-refractivity contribution in [3.8, 4) is 17.9 Å². The number of nitriles is 2. The summed E-state index contributed by atoms with van der Waals surface area (Å²) >= 11 is 0. The van der Waals surface area contributed by atoms with E-state index in [1.165, 1.54) is 0 Å². The molecule has 0 saturated heterocycles. The molecule has 20 heavy (non-hydrogen) atoms. The van der Waals surface area contributed by atoms with Gasteiger partial charge in [0.2, 0.25) is 0 Å². The van der Waals surface area contributed by atoms with Crippen molar-refractivity contribution >= 4 is 0 Å². The molecule has 1 unspecified atom stereocenters. The smallest absolute Gasteiger partial charge is 0.118 e. The molecule has 2 rings (SSSR count). The number of methoxy groups -OCH3 is 1. The topological polar surface area (TPSA) is 56.8 Å². The Labute approximate surface area is 118 Å². The molecule has 0 aliphatic heterocycles. The van der Waals surface area contributed by atoms with E-state index in [1.807, 2.05) is 36.4 Å². The maximum absolute atomic E-state index is 9.33. The highest BCUT2D eigenvalue weighted by Gasteiger charge is 2.11. The van der Waals surface area contributed by atoms with E-state index in [9.17, 15) is 5.26 Å². The Morgan fingerprint density at radius 1 is 1.00 bits per heavy atom. The Morgan fingerprint density at radius 3 is 2.15 bits per heavy atom. The third kappa shape index (κ3) is 3.16. The molecule has 3 nitrogen and oxygen atoms in total. The van der Waals surface area contributed by atoms with E-state index >= 15 is 0 Å². The highest BCUT2D eigenvalue weighted by atomic mass is 16.5. The summed E-state index contributed by atoms with van der Waals surface area (Å²) in [7, 11) is 1.62. The van der Waals surface area contributed by atoms with Crippen LogP contribution in [-0.2, 0) is 6.42 Å². The van der Waals surface area contributed by atoms with Crippen molar-refractivity contribution < 1.29 is 4.74 Å². The van der Waals surface area contributed by atoms with Crippen LogP contribution in [0.3, 0.4) is 0 Å². The van der Waals surface area contributed by atoms with Gasteiger partial charge in [0, 0.05) is 0 Å². The highest BCUT2D eigenvalue weighted by Crippen LogP contribution is 2.23. The van der Waals surface area contributed by atoms with Gasteiger partial charge in [-0.2, -0.15) is 10.5 Å². The van der Waals surface area contributed by atoms with Crippen molar-refractivity contribution in [1.29, 1.82) is 10.5 Å². The third-order valence-corrected chi connectivity index (χ3v) is 3.20. The predicted molar refractivity (Wildman–Crippen MR) is 76.2 cm³/mol. The van der Waals surface area contributed by atoms with Crippen molar-refractivity contribution in [1.82, 2.24) is 0 Å². The van der Waals surface area contributed by atoms with Gasteiger partial charge in [-0.25, -0.2) is 0 Å². The second kappa shape index (κ2) is 6.41. The normalized spacial score (nSPS) is 11.2. The van der Waals surface area contributed by atoms with E-state index in [-0.39, 0.29) is 5.92 Å². The highest BCUT2D eigenvalue weighted by molar-refractivity contribution is 5.36. The van der Waals surface area contributed by atoms with Crippen molar-refractivity contribution in [2.45, 2.75) is 12.3 Å². The van der Waals surface area contributed by atoms with Crippen LogP contribution < -0.4 is 4.74 Å². The lowest BCUT2D eigenvalue weighted by Crippen LogP contribution is -2.00. The van der Waals surface area contributed by atoms with E-state index in [0.29, 0.717) is 12.0 Å². The first-order chi connectivity index (χ1) is 9.76. The van der Waals surface area contributed by atoms with E-state index in [0.717, 1.165) is 16.9 Å². The Morgan fingerprint density at radius 2 is 1.65 bits per heavy atom.